The van der Waals surface area contributed by atoms with Crippen LogP contribution in [0.1, 0.15) is 26.2 Å². The van der Waals surface area contributed by atoms with Crippen LogP contribution in [0.15, 0.2) is 11.3 Å². The Balaban J connectivity index is 1.90. The highest BCUT2D eigenvalue weighted by molar-refractivity contribution is 5.48. The van der Waals surface area contributed by atoms with E-state index in [2.05, 4.69) is 17.6 Å². The summed E-state index contributed by atoms with van der Waals surface area (Å²) in [5, 5.41) is 7.02. The molecule has 1 amide bonds. The van der Waals surface area contributed by atoms with Gasteiger partial charge in [0.15, 0.2) is 0 Å². The fourth-order valence-electron chi connectivity index (χ4n) is 2.45. The van der Waals surface area contributed by atoms with Crippen LogP contribution < -0.4 is 10.6 Å². The number of nitrogens with zero attached hydrogens (tertiary/aromatic N) is 1. The highest BCUT2D eigenvalue weighted by atomic mass is 16.1. The smallest absolute Gasteiger partial charge is 0.210 e. The number of carbonyl (C=O) groups excluding carboxylic acids is 1. The molecule has 1 fully saturated rings. The maximum absolute atomic E-state index is 10.7. The summed E-state index contributed by atoms with van der Waals surface area (Å²) >= 11 is 0. The topological polar surface area (TPSA) is 44.4 Å². The molecule has 0 saturated carbocycles. The lowest BCUT2D eigenvalue weighted by Gasteiger charge is -2.31. The van der Waals surface area contributed by atoms with E-state index in [9.17, 15) is 4.79 Å². The number of rotatable bonds is 3. The number of hydrogen-bond acceptors (Lipinski definition) is 3. The third-order valence-electron chi connectivity index (χ3n) is 3.47. The lowest BCUT2D eigenvalue weighted by molar-refractivity contribution is -0.118. The van der Waals surface area contributed by atoms with Crippen molar-refractivity contribution < 1.29 is 4.79 Å². The largest absolute Gasteiger partial charge is 0.385 e. The Bertz CT molecular complexity index is 282. The predicted octanol–water partition coefficient (Wildman–Crippen LogP) is 0.464. The molecule has 2 rings (SSSR count). The van der Waals surface area contributed by atoms with Crippen molar-refractivity contribution in [3.05, 3.63) is 11.3 Å². The molecule has 90 valence electrons. The second-order valence-electron chi connectivity index (χ2n) is 4.75. The van der Waals surface area contributed by atoms with E-state index in [0.717, 1.165) is 39.0 Å². The first-order valence-corrected chi connectivity index (χ1v) is 6.15. The second-order valence-corrected chi connectivity index (χ2v) is 4.75. The molecule has 0 aliphatic carbocycles. The first kappa shape index (κ1) is 11.5. The molecule has 16 heavy (non-hydrogen) atoms. The molecule has 0 bridgehead atoms. The van der Waals surface area contributed by atoms with Gasteiger partial charge in [-0.25, -0.2) is 0 Å². The highest BCUT2D eigenvalue weighted by Gasteiger charge is 2.18. The van der Waals surface area contributed by atoms with E-state index in [1.54, 1.807) is 0 Å². The van der Waals surface area contributed by atoms with Crippen molar-refractivity contribution in [3.63, 3.8) is 0 Å². The van der Waals surface area contributed by atoms with Crippen LogP contribution in [0.2, 0.25) is 0 Å². The van der Waals surface area contributed by atoms with Gasteiger partial charge in [-0.2, -0.15) is 0 Å². The van der Waals surface area contributed by atoms with Crippen molar-refractivity contribution in [1.29, 1.82) is 0 Å². The molecule has 2 heterocycles. The Morgan fingerprint density at radius 3 is 2.81 bits per heavy atom. The summed E-state index contributed by atoms with van der Waals surface area (Å²) in [7, 11) is 0. The molecule has 2 aliphatic heterocycles. The van der Waals surface area contributed by atoms with Crippen molar-refractivity contribution in [1.82, 2.24) is 15.5 Å². The van der Waals surface area contributed by atoms with E-state index in [1.807, 2.05) is 4.90 Å². The van der Waals surface area contributed by atoms with Crippen molar-refractivity contribution in [2.75, 3.05) is 26.2 Å². The number of nitrogens with one attached hydrogen (secondary N) is 2. The minimum absolute atomic E-state index is 0.619. The lowest BCUT2D eigenvalue weighted by atomic mass is 10.0. The number of carbonyl (C=O) groups is 1. The zero-order valence-corrected chi connectivity index (χ0v) is 9.96. The first-order valence-electron chi connectivity index (χ1n) is 6.15. The highest BCUT2D eigenvalue weighted by Crippen LogP contribution is 2.16. The van der Waals surface area contributed by atoms with Gasteiger partial charge >= 0.3 is 0 Å². The number of hydrogen-bond donors (Lipinski definition) is 2. The molecule has 4 nitrogen and oxygen atoms in total. The normalized spacial score (nSPS) is 23.4. The van der Waals surface area contributed by atoms with Gasteiger partial charge < -0.3 is 15.5 Å². The van der Waals surface area contributed by atoms with Crippen molar-refractivity contribution in [2.24, 2.45) is 0 Å². The Morgan fingerprint density at radius 2 is 2.19 bits per heavy atom. The van der Waals surface area contributed by atoms with Crippen LogP contribution in [0.25, 0.3) is 0 Å². The minimum atomic E-state index is 0.619. The summed E-state index contributed by atoms with van der Waals surface area (Å²) < 4.78 is 0. The summed E-state index contributed by atoms with van der Waals surface area (Å²) in [6, 6.07) is 0.619. The molecule has 0 atom stereocenters. The maximum atomic E-state index is 10.7. The van der Waals surface area contributed by atoms with Crippen molar-refractivity contribution in [2.45, 2.75) is 32.2 Å². The molecule has 0 aromatic heterocycles. The Morgan fingerprint density at radius 1 is 1.44 bits per heavy atom. The molecule has 2 aliphatic rings. The first-order chi connectivity index (χ1) is 7.79. The van der Waals surface area contributed by atoms with Gasteiger partial charge in [-0.3, -0.25) is 4.79 Å². The van der Waals surface area contributed by atoms with Gasteiger partial charge in [0, 0.05) is 31.2 Å². The molecular weight excluding hydrogens is 202 g/mol. The number of amides is 1. The van der Waals surface area contributed by atoms with E-state index in [-0.39, 0.29) is 0 Å². The van der Waals surface area contributed by atoms with Crippen LogP contribution in [-0.4, -0.2) is 43.5 Å². The Labute approximate surface area is 97.1 Å². The van der Waals surface area contributed by atoms with Crippen LogP contribution in [0.3, 0.4) is 0 Å². The van der Waals surface area contributed by atoms with Crippen LogP contribution in [0, 0.1) is 0 Å². The average molecular weight is 223 g/mol. The molecule has 0 radical (unpaired) electrons. The van der Waals surface area contributed by atoms with E-state index in [1.165, 1.54) is 24.1 Å². The van der Waals surface area contributed by atoms with Crippen molar-refractivity contribution in [3.8, 4) is 0 Å². The fraction of sp³-hybridized carbons (Fsp3) is 0.750. The third kappa shape index (κ3) is 2.76. The molecule has 0 spiro atoms. The second kappa shape index (κ2) is 5.34. The van der Waals surface area contributed by atoms with Gasteiger partial charge in [-0.15, -0.1) is 0 Å². The summed E-state index contributed by atoms with van der Waals surface area (Å²) in [5.74, 6) is 0. The molecule has 0 aromatic rings. The molecule has 2 N–H and O–H groups in total. The summed E-state index contributed by atoms with van der Waals surface area (Å²) in [6.07, 6.45) is 4.33. The van der Waals surface area contributed by atoms with Gasteiger partial charge in [-0.05, 0) is 38.4 Å². The molecule has 4 heteroatoms. The number of piperidine rings is 1. The molecular formula is C12H21N3O. The molecule has 1 saturated heterocycles. The predicted molar refractivity (Wildman–Crippen MR) is 64.0 cm³/mol. The van der Waals surface area contributed by atoms with Gasteiger partial charge in [0.1, 0.15) is 0 Å². The minimum Gasteiger partial charge on any atom is -0.385 e. The molecule has 0 aromatic carbocycles. The fourth-order valence-corrected chi connectivity index (χ4v) is 2.45. The summed E-state index contributed by atoms with van der Waals surface area (Å²) in [5.41, 5.74) is 2.68. The van der Waals surface area contributed by atoms with Crippen LogP contribution in [0.5, 0.6) is 0 Å². The monoisotopic (exact) mass is 223 g/mol. The van der Waals surface area contributed by atoms with Gasteiger partial charge in [0.05, 0.1) is 0 Å². The van der Waals surface area contributed by atoms with Gasteiger partial charge in [0.2, 0.25) is 6.41 Å². The third-order valence-corrected chi connectivity index (χ3v) is 3.47. The standard InChI is InChI=1S/C12H21N3O/c1-10-8-15(9-16)7-4-12(10)14-11-2-5-13-6-3-11/h9,11,13-14H,2-8H2,1H3. The van der Waals surface area contributed by atoms with Gasteiger partial charge in [0.25, 0.3) is 0 Å². The zero-order valence-electron chi connectivity index (χ0n) is 9.96. The van der Waals surface area contributed by atoms with Crippen molar-refractivity contribution >= 4 is 6.41 Å². The SMILES string of the molecule is CC1=C(NC2CCNCC2)CCN(C=O)C1. The molecule has 0 unspecified atom stereocenters. The summed E-state index contributed by atoms with van der Waals surface area (Å²) in [4.78, 5) is 12.5. The average Bonchev–Trinajstić information content (AvgIpc) is 2.33. The van der Waals surface area contributed by atoms with E-state index >= 15 is 0 Å². The van der Waals surface area contributed by atoms with Crippen LogP contribution in [-0.2, 0) is 4.79 Å². The summed E-state index contributed by atoms with van der Waals surface area (Å²) in [6.45, 7) is 6.00. The van der Waals surface area contributed by atoms with Crippen LogP contribution >= 0.6 is 0 Å². The maximum Gasteiger partial charge on any atom is 0.210 e. The zero-order chi connectivity index (χ0) is 11.4. The van der Waals surface area contributed by atoms with E-state index < -0.39 is 0 Å². The van der Waals surface area contributed by atoms with E-state index in [0.29, 0.717) is 6.04 Å². The Hall–Kier alpha value is -1.03. The van der Waals surface area contributed by atoms with Crippen LogP contribution in [0.4, 0.5) is 0 Å². The van der Waals surface area contributed by atoms with Gasteiger partial charge in [-0.1, -0.05) is 0 Å². The quantitative estimate of drug-likeness (QED) is 0.683. The lowest BCUT2D eigenvalue weighted by Crippen LogP contribution is -2.42. The Kier molecular flexibility index (Phi) is 3.83. The van der Waals surface area contributed by atoms with E-state index in [4.69, 9.17) is 0 Å².